The van der Waals surface area contributed by atoms with Gasteiger partial charge in [0.1, 0.15) is 5.60 Å². The highest BCUT2D eigenvalue weighted by Gasteiger charge is 2.28. The van der Waals surface area contributed by atoms with Crippen LogP contribution in [0.1, 0.15) is 51.9 Å². The van der Waals surface area contributed by atoms with Gasteiger partial charge in [-0.2, -0.15) is 4.98 Å². The van der Waals surface area contributed by atoms with Crippen LogP contribution < -0.4 is 5.32 Å². The number of carbonyl (C=O) groups is 1. The summed E-state index contributed by atoms with van der Waals surface area (Å²) in [5, 5.41) is 16.9. The fourth-order valence-electron chi connectivity index (χ4n) is 1.83. The van der Waals surface area contributed by atoms with Gasteiger partial charge in [-0.1, -0.05) is 24.7 Å². The molecule has 8 heteroatoms. The van der Waals surface area contributed by atoms with Crippen LogP contribution in [-0.4, -0.2) is 39.2 Å². The van der Waals surface area contributed by atoms with E-state index in [1.54, 1.807) is 32.9 Å². The van der Waals surface area contributed by atoms with Gasteiger partial charge in [-0.25, -0.2) is 4.79 Å². The lowest BCUT2D eigenvalue weighted by atomic mass is 10.1. The molecule has 0 aliphatic heterocycles. The van der Waals surface area contributed by atoms with Gasteiger partial charge < -0.3 is 19.7 Å². The van der Waals surface area contributed by atoms with E-state index in [0.29, 0.717) is 12.2 Å². The van der Waals surface area contributed by atoms with Crippen molar-refractivity contribution in [3.8, 4) is 0 Å². The minimum absolute atomic E-state index is 0.0388. The summed E-state index contributed by atoms with van der Waals surface area (Å²) in [4.78, 5) is 16.8. The smallest absolute Gasteiger partial charge is 0.407 e. The van der Waals surface area contributed by atoms with Crippen molar-refractivity contribution in [2.24, 2.45) is 0 Å². The molecule has 1 heterocycles. The monoisotopic (exact) mass is 355 g/mol. The molecule has 2 N–H and O–H groups in total. The Hall–Kier alpha value is -1.80. The normalized spacial score (nSPS) is 14.8. The lowest BCUT2D eigenvalue weighted by molar-refractivity contribution is 0.0375. The van der Waals surface area contributed by atoms with E-state index in [1.807, 2.05) is 13.2 Å². The van der Waals surface area contributed by atoms with E-state index < -0.39 is 23.8 Å². The van der Waals surface area contributed by atoms with Gasteiger partial charge in [0.05, 0.1) is 10.9 Å². The van der Waals surface area contributed by atoms with Gasteiger partial charge in [0, 0.05) is 0 Å². The standard InChI is InChI=1S/C16H25N3O4S/c1-7-9-11(24-6)13-18-14(23-19-13)12(20)10(8-2)17-15(21)22-16(3,4)5/h7,9-10,12,20H,1,8H2,2-6H3,(H,17,21)/b11-9-/t10-,12?/m0/s1. The van der Waals surface area contributed by atoms with Crippen molar-refractivity contribution in [1.82, 2.24) is 15.5 Å². The van der Waals surface area contributed by atoms with Crippen molar-refractivity contribution in [3.05, 3.63) is 30.4 Å². The molecule has 0 saturated carbocycles. The molecular formula is C16H25N3O4S. The number of allylic oxidation sites excluding steroid dienone is 2. The van der Waals surface area contributed by atoms with Crippen LogP contribution in [0.4, 0.5) is 4.79 Å². The van der Waals surface area contributed by atoms with Gasteiger partial charge in [0.25, 0.3) is 5.89 Å². The molecule has 1 aromatic heterocycles. The SMILES string of the molecule is C=C/C=C(\SC)c1noc(C(O)[C@H](CC)NC(=O)OC(C)(C)C)n1. The number of carbonyl (C=O) groups excluding carboxylic acids is 1. The number of thioether (sulfide) groups is 1. The van der Waals surface area contributed by atoms with E-state index in [0.717, 1.165) is 4.91 Å². The minimum atomic E-state index is -1.13. The van der Waals surface area contributed by atoms with E-state index in [4.69, 9.17) is 9.26 Å². The molecule has 7 nitrogen and oxygen atoms in total. The highest BCUT2D eigenvalue weighted by Crippen LogP contribution is 2.25. The van der Waals surface area contributed by atoms with Crippen molar-refractivity contribution in [2.75, 3.05) is 6.26 Å². The third kappa shape index (κ3) is 6.01. The first-order valence-electron chi connectivity index (χ1n) is 7.60. The van der Waals surface area contributed by atoms with Crippen LogP contribution in [0.3, 0.4) is 0 Å². The number of aliphatic hydroxyl groups excluding tert-OH is 1. The Morgan fingerprint density at radius 1 is 1.54 bits per heavy atom. The molecular weight excluding hydrogens is 330 g/mol. The quantitative estimate of drug-likeness (QED) is 0.724. The average molecular weight is 355 g/mol. The summed E-state index contributed by atoms with van der Waals surface area (Å²) in [6.45, 7) is 10.8. The molecule has 0 spiro atoms. The van der Waals surface area contributed by atoms with E-state index in [1.165, 1.54) is 11.8 Å². The number of hydrogen-bond acceptors (Lipinski definition) is 7. The number of alkyl carbamates (subject to hydrolysis) is 1. The highest BCUT2D eigenvalue weighted by molar-refractivity contribution is 8.07. The van der Waals surface area contributed by atoms with Crippen LogP contribution in [0.15, 0.2) is 23.3 Å². The lowest BCUT2D eigenvalue weighted by Gasteiger charge is -2.24. The zero-order valence-corrected chi connectivity index (χ0v) is 15.5. The minimum Gasteiger partial charge on any atom is -0.444 e. The molecule has 1 unspecified atom stereocenters. The highest BCUT2D eigenvalue weighted by atomic mass is 32.2. The third-order valence-corrected chi connectivity index (χ3v) is 3.69. The maximum absolute atomic E-state index is 11.9. The Bertz CT molecular complexity index is 592. The lowest BCUT2D eigenvalue weighted by Crippen LogP contribution is -2.42. The number of ether oxygens (including phenoxy) is 1. The van der Waals surface area contributed by atoms with Crippen molar-refractivity contribution >= 4 is 22.8 Å². The van der Waals surface area contributed by atoms with Crippen LogP contribution >= 0.6 is 11.8 Å². The third-order valence-electron chi connectivity index (χ3n) is 2.93. The zero-order valence-electron chi connectivity index (χ0n) is 14.7. The summed E-state index contributed by atoms with van der Waals surface area (Å²) in [7, 11) is 0. The molecule has 1 rings (SSSR count). The van der Waals surface area contributed by atoms with Crippen LogP contribution in [0.5, 0.6) is 0 Å². The number of nitrogens with zero attached hydrogens (tertiary/aromatic N) is 2. The van der Waals surface area contributed by atoms with Crippen LogP contribution in [0.25, 0.3) is 4.91 Å². The first kappa shape index (κ1) is 20.2. The topological polar surface area (TPSA) is 97.5 Å². The second kappa shape index (κ2) is 8.89. The average Bonchev–Trinajstić information content (AvgIpc) is 2.97. The van der Waals surface area contributed by atoms with Crippen molar-refractivity contribution in [1.29, 1.82) is 0 Å². The molecule has 0 aliphatic rings. The summed E-state index contributed by atoms with van der Waals surface area (Å²) in [6, 6.07) is -0.603. The second-order valence-corrected chi connectivity index (χ2v) is 6.88. The van der Waals surface area contributed by atoms with E-state index in [2.05, 4.69) is 22.0 Å². The molecule has 134 valence electrons. The summed E-state index contributed by atoms with van der Waals surface area (Å²) in [5.41, 5.74) is -0.617. The maximum Gasteiger partial charge on any atom is 0.407 e. The van der Waals surface area contributed by atoms with Gasteiger partial charge >= 0.3 is 6.09 Å². The van der Waals surface area contributed by atoms with E-state index in [-0.39, 0.29) is 5.89 Å². The molecule has 0 radical (unpaired) electrons. The van der Waals surface area contributed by atoms with Gasteiger partial charge in [-0.15, -0.1) is 11.8 Å². The number of aliphatic hydroxyl groups is 1. The van der Waals surface area contributed by atoms with Gasteiger partial charge in [-0.05, 0) is 39.5 Å². The van der Waals surface area contributed by atoms with Gasteiger partial charge in [0.15, 0.2) is 6.10 Å². The largest absolute Gasteiger partial charge is 0.444 e. The van der Waals surface area contributed by atoms with Crippen LogP contribution in [0.2, 0.25) is 0 Å². The van der Waals surface area contributed by atoms with Crippen molar-refractivity contribution in [2.45, 2.75) is 51.9 Å². The molecule has 0 aliphatic carbocycles. The van der Waals surface area contributed by atoms with Crippen LogP contribution in [-0.2, 0) is 4.74 Å². The molecule has 0 saturated heterocycles. The molecule has 0 bridgehead atoms. The Morgan fingerprint density at radius 3 is 2.71 bits per heavy atom. The van der Waals surface area contributed by atoms with Crippen molar-refractivity contribution < 1.29 is 19.2 Å². The fourth-order valence-corrected chi connectivity index (χ4v) is 2.33. The van der Waals surface area contributed by atoms with Crippen molar-refractivity contribution in [3.63, 3.8) is 0 Å². The van der Waals surface area contributed by atoms with Gasteiger partial charge in [0.2, 0.25) is 5.82 Å². The number of aromatic nitrogens is 2. The molecule has 1 amide bonds. The number of hydrogen-bond donors (Lipinski definition) is 2. The molecule has 0 aromatic carbocycles. The Kier molecular flexibility index (Phi) is 7.50. The number of nitrogens with one attached hydrogen (secondary N) is 1. The molecule has 24 heavy (non-hydrogen) atoms. The maximum atomic E-state index is 11.9. The molecule has 1 aromatic rings. The predicted octanol–water partition coefficient (Wildman–Crippen LogP) is 3.30. The van der Waals surface area contributed by atoms with Gasteiger partial charge in [-0.3, -0.25) is 0 Å². The second-order valence-electron chi connectivity index (χ2n) is 6.03. The fraction of sp³-hybridized carbons (Fsp3) is 0.562. The van der Waals surface area contributed by atoms with Crippen LogP contribution in [0, 0.1) is 0 Å². The summed E-state index contributed by atoms with van der Waals surface area (Å²) >= 11 is 1.44. The zero-order chi connectivity index (χ0) is 18.3. The summed E-state index contributed by atoms with van der Waals surface area (Å²) in [5.74, 6) is 0.403. The molecule has 2 atom stereocenters. The molecule has 0 fully saturated rings. The first-order chi connectivity index (χ1) is 11.2. The summed E-state index contributed by atoms with van der Waals surface area (Å²) < 4.78 is 10.3. The number of amides is 1. The Labute approximate surface area is 146 Å². The summed E-state index contributed by atoms with van der Waals surface area (Å²) in [6.07, 6.45) is 3.98. The number of rotatable bonds is 7. The Balaban J connectivity index is 2.85. The first-order valence-corrected chi connectivity index (χ1v) is 8.82. The predicted molar refractivity (Wildman–Crippen MR) is 94.4 cm³/mol. The van der Waals surface area contributed by atoms with E-state index >= 15 is 0 Å². The Morgan fingerprint density at radius 2 is 2.21 bits per heavy atom. The van der Waals surface area contributed by atoms with E-state index in [9.17, 15) is 9.90 Å².